The van der Waals surface area contributed by atoms with Gasteiger partial charge < -0.3 is 14.6 Å². The number of benzene rings is 1. The van der Waals surface area contributed by atoms with Crippen LogP contribution in [0.15, 0.2) is 28.7 Å². The van der Waals surface area contributed by atoms with Gasteiger partial charge in [-0.05, 0) is 24.3 Å². The normalized spacial score (nSPS) is 22.2. The molecule has 1 aromatic heterocycles. The summed E-state index contributed by atoms with van der Waals surface area (Å²) < 4.78 is 11.7. The van der Waals surface area contributed by atoms with E-state index in [2.05, 4.69) is 20.9 Å². The third-order valence-corrected chi connectivity index (χ3v) is 3.53. The Hall–Kier alpha value is -1.17. The van der Waals surface area contributed by atoms with Crippen LogP contribution < -0.4 is 4.74 Å². The van der Waals surface area contributed by atoms with E-state index < -0.39 is 0 Å². The van der Waals surface area contributed by atoms with Gasteiger partial charge in [-0.15, -0.1) is 0 Å². The summed E-state index contributed by atoms with van der Waals surface area (Å²) >= 11 is 3.44. The van der Waals surface area contributed by atoms with Crippen molar-refractivity contribution in [3.63, 3.8) is 0 Å². The second-order valence-corrected chi connectivity index (χ2v) is 5.12. The van der Waals surface area contributed by atoms with Crippen molar-refractivity contribution in [1.29, 1.82) is 0 Å². The molecule has 1 aromatic carbocycles. The SMILES string of the molecule is COc1nc2ccc(Br)cc2cc1[C@@H]1O[C@H]1CO. The molecule has 2 atom stereocenters. The average molecular weight is 310 g/mol. The monoisotopic (exact) mass is 309 g/mol. The van der Waals surface area contributed by atoms with Crippen LogP contribution in [-0.4, -0.2) is 29.9 Å². The van der Waals surface area contributed by atoms with Crippen molar-refractivity contribution in [2.75, 3.05) is 13.7 Å². The van der Waals surface area contributed by atoms with Gasteiger partial charge in [0, 0.05) is 15.4 Å². The Kier molecular flexibility index (Phi) is 2.97. The van der Waals surface area contributed by atoms with Gasteiger partial charge in [0.15, 0.2) is 0 Å². The van der Waals surface area contributed by atoms with E-state index in [-0.39, 0.29) is 18.8 Å². The molecule has 0 unspecified atom stereocenters. The van der Waals surface area contributed by atoms with Crippen LogP contribution in [0.2, 0.25) is 0 Å². The lowest BCUT2D eigenvalue weighted by Gasteiger charge is -2.07. The highest BCUT2D eigenvalue weighted by atomic mass is 79.9. The summed E-state index contributed by atoms with van der Waals surface area (Å²) in [6.45, 7) is 0.0182. The summed E-state index contributed by atoms with van der Waals surface area (Å²) in [5.74, 6) is 0.561. The topological polar surface area (TPSA) is 54.9 Å². The van der Waals surface area contributed by atoms with Gasteiger partial charge in [0.25, 0.3) is 0 Å². The van der Waals surface area contributed by atoms with Crippen molar-refractivity contribution in [1.82, 2.24) is 4.98 Å². The zero-order valence-electron chi connectivity index (χ0n) is 9.76. The molecule has 94 valence electrons. The van der Waals surface area contributed by atoms with Gasteiger partial charge in [0.05, 0.1) is 19.2 Å². The third kappa shape index (κ3) is 1.98. The number of nitrogens with zero attached hydrogens (tertiary/aromatic N) is 1. The molecular weight excluding hydrogens is 298 g/mol. The summed E-state index contributed by atoms with van der Waals surface area (Å²) in [6.07, 6.45) is -0.244. The Balaban J connectivity index is 2.11. The van der Waals surface area contributed by atoms with Gasteiger partial charge in [0.1, 0.15) is 12.2 Å². The third-order valence-electron chi connectivity index (χ3n) is 3.03. The molecule has 0 spiro atoms. The number of hydrogen-bond donors (Lipinski definition) is 1. The molecule has 1 N–H and O–H groups in total. The highest BCUT2D eigenvalue weighted by Gasteiger charge is 2.42. The zero-order valence-corrected chi connectivity index (χ0v) is 11.3. The molecule has 0 amide bonds. The van der Waals surface area contributed by atoms with E-state index >= 15 is 0 Å². The maximum absolute atomic E-state index is 9.07. The predicted octanol–water partition coefficient (Wildman–Crippen LogP) is 2.44. The van der Waals surface area contributed by atoms with Crippen LogP contribution in [0.4, 0.5) is 0 Å². The number of epoxide rings is 1. The van der Waals surface area contributed by atoms with E-state index in [0.717, 1.165) is 20.9 Å². The lowest BCUT2D eigenvalue weighted by atomic mass is 10.1. The fourth-order valence-electron chi connectivity index (χ4n) is 2.07. The van der Waals surface area contributed by atoms with Gasteiger partial charge in [-0.2, -0.15) is 0 Å². The molecule has 0 bridgehead atoms. The highest BCUT2D eigenvalue weighted by Crippen LogP contribution is 2.43. The van der Waals surface area contributed by atoms with Crippen LogP contribution in [-0.2, 0) is 4.74 Å². The Labute approximate surface area is 113 Å². The number of halogens is 1. The molecule has 3 rings (SSSR count). The molecule has 1 saturated heterocycles. The molecule has 2 aromatic rings. The number of aromatic nitrogens is 1. The standard InChI is InChI=1S/C13H12BrNO3/c1-17-13-9(12-11(6-16)18-12)5-7-4-8(14)2-3-10(7)15-13/h2-5,11-12,16H,6H2,1H3/t11-,12-/m0/s1. The van der Waals surface area contributed by atoms with Crippen molar-refractivity contribution in [3.05, 3.63) is 34.3 Å². The minimum absolute atomic E-state index is 0.0182. The second kappa shape index (κ2) is 4.50. The summed E-state index contributed by atoms with van der Waals surface area (Å²) in [5, 5.41) is 10.1. The van der Waals surface area contributed by atoms with Crippen LogP contribution in [0.25, 0.3) is 10.9 Å². The van der Waals surface area contributed by atoms with E-state index in [4.69, 9.17) is 14.6 Å². The molecular formula is C13H12BrNO3. The van der Waals surface area contributed by atoms with Gasteiger partial charge in [0.2, 0.25) is 5.88 Å². The summed E-state index contributed by atoms with van der Waals surface area (Å²) in [4.78, 5) is 4.46. The fraction of sp³-hybridized carbons (Fsp3) is 0.308. The van der Waals surface area contributed by atoms with Crippen molar-refractivity contribution < 1.29 is 14.6 Å². The molecule has 5 heteroatoms. The van der Waals surface area contributed by atoms with E-state index in [0.29, 0.717) is 5.88 Å². The van der Waals surface area contributed by atoms with Gasteiger partial charge in [-0.3, -0.25) is 0 Å². The number of aliphatic hydroxyl groups is 1. The Morgan fingerprint density at radius 2 is 2.28 bits per heavy atom. The summed E-state index contributed by atoms with van der Waals surface area (Å²) in [6, 6.07) is 7.88. The van der Waals surface area contributed by atoms with Crippen LogP contribution >= 0.6 is 15.9 Å². The number of hydrogen-bond acceptors (Lipinski definition) is 4. The van der Waals surface area contributed by atoms with E-state index in [1.165, 1.54) is 0 Å². The number of methoxy groups -OCH3 is 1. The summed E-state index contributed by atoms with van der Waals surface area (Å²) in [5.41, 5.74) is 1.77. The predicted molar refractivity (Wildman–Crippen MR) is 70.7 cm³/mol. The Morgan fingerprint density at radius 1 is 1.44 bits per heavy atom. The maximum atomic E-state index is 9.07. The van der Waals surface area contributed by atoms with Crippen LogP contribution in [0.3, 0.4) is 0 Å². The number of rotatable bonds is 3. The second-order valence-electron chi connectivity index (χ2n) is 4.20. The van der Waals surface area contributed by atoms with E-state index in [1.54, 1.807) is 7.11 Å². The first-order valence-electron chi connectivity index (χ1n) is 5.63. The number of pyridine rings is 1. The number of fused-ring (bicyclic) bond motifs is 1. The minimum Gasteiger partial charge on any atom is -0.481 e. The van der Waals surface area contributed by atoms with Gasteiger partial charge >= 0.3 is 0 Å². The molecule has 2 heterocycles. The van der Waals surface area contributed by atoms with Gasteiger partial charge in [-0.1, -0.05) is 15.9 Å². The lowest BCUT2D eigenvalue weighted by molar-refractivity contribution is 0.242. The van der Waals surface area contributed by atoms with Gasteiger partial charge in [-0.25, -0.2) is 4.98 Å². The molecule has 0 radical (unpaired) electrons. The van der Waals surface area contributed by atoms with Crippen molar-refractivity contribution >= 4 is 26.8 Å². The first kappa shape index (κ1) is 11.9. The van der Waals surface area contributed by atoms with E-state index in [9.17, 15) is 0 Å². The van der Waals surface area contributed by atoms with Crippen LogP contribution in [0.5, 0.6) is 5.88 Å². The molecule has 18 heavy (non-hydrogen) atoms. The molecule has 1 aliphatic rings. The number of aliphatic hydroxyl groups excluding tert-OH is 1. The quantitative estimate of drug-likeness (QED) is 0.885. The van der Waals surface area contributed by atoms with Crippen LogP contribution in [0.1, 0.15) is 11.7 Å². The highest BCUT2D eigenvalue weighted by molar-refractivity contribution is 9.10. The van der Waals surface area contributed by atoms with Crippen molar-refractivity contribution in [3.8, 4) is 5.88 Å². The first-order valence-corrected chi connectivity index (χ1v) is 6.42. The average Bonchev–Trinajstić information content (AvgIpc) is 3.16. The smallest absolute Gasteiger partial charge is 0.219 e. The first-order chi connectivity index (χ1) is 8.72. The fourth-order valence-corrected chi connectivity index (χ4v) is 2.45. The molecule has 1 aliphatic heterocycles. The summed E-state index contributed by atoms with van der Waals surface area (Å²) in [7, 11) is 1.59. The molecule has 0 saturated carbocycles. The minimum atomic E-state index is -0.134. The van der Waals surface area contributed by atoms with Crippen LogP contribution in [0, 0.1) is 0 Å². The van der Waals surface area contributed by atoms with Crippen molar-refractivity contribution in [2.45, 2.75) is 12.2 Å². The number of ether oxygens (including phenoxy) is 2. The molecule has 4 nitrogen and oxygen atoms in total. The molecule has 1 fully saturated rings. The lowest BCUT2D eigenvalue weighted by Crippen LogP contribution is -1.99. The zero-order chi connectivity index (χ0) is 12.7. The van der Waals surface area contributed by atoms with Crippen molar-refractivity contribution in [2.24, 2.45) is 0 Å². The Morgan fingerprint density at radius 3 is 2.94 bits per heavy atom. The largest absolute Gasteiger partial charge is 0.481 e. The maximum Gasteiger partial charge on any atom is 0.219 e. The Bertz CT molecular complexity index is 602. The van der Waals surface area contributed by atoms with E-state index in [1.807, 2.05) is 24.3 Å². The molecule has 0 aliphatic carbocycles.